The summed E-state index contributed by atoms with van der Waals surface area (Å²) in [6, 6.07) is 5.88. The van der Waals surface area contributed by atoms with Crippen LogP contribution < -0.4 is 5.32 Å². The minimum Gasteiger partial charge on any atom is -0.475 e. The zero-order valence-corrected chi connectivity index (χ0v) is 11.3. The molecule has 0 aromatic carbocycles. The number of aromatic carboxylic acids is 1. The molecule has 2 heterocycles. The molecule has 0 aliphatic heterocycles. The third kappa shape index (κ3) is 3.35. The molecule has 20 heavy (non-hydrogen) atoms. The molecule has 106 valence electrons. The number of carboxylic acid groups (broad SMARTS) is 1. The monoisotopic (exact) mass is 296 g/mol. The molecule has 7 nitrogen and oxygen atoms in total. The Morgan fingerprint density at radius 3 is 2.60 bits per heavy atom. The molecule has 0 radical (unpaired) electrons. The van der Waals surface area contributed by atoms with Crippen molar-refractivity contribution in [3.63, 3.8) is 0 Å². The van der Waals surface area contributed by atoms with Crippen molar-refractivity contribution in [3.05, 3.63) is 42.0 Å². The van der Waals surface area contributed by atoms with E-state index in [4.69, 9.17) is 9.52 Å². The maximum atomic E-state index is 11.2. The summed E-state index contributed by atoms with van der Waals surface area (Å²) in [5.41, 5.74) is 0.602. The van der Waals surface area contributed by atoms with Crippen LogP contribution in [0.1, 0.15) is 16.3 Å². The van der Waals surface area contributed by atoms with Gasteiger partial charge in [0.25, 0.3) is 0 Å². The van der Waals surface area contributed by atoms with E-state index in [2.05, 4.69) is 10.3 Å². The number of carbonyl (C=O) groups is 1. The van der Waals surface area contributed by atoms with Gasteiger partial charge in [0.1, 0.15) is 5.76 Å². The molecule has 0 aliphatic rings. The number of furan rings is 1. The van der Waals surface area contributed by atoms with Gasteiger partial charge >= 0.3 is 5.97 Å². The Morgan fingerprint density at radius 2 is 2.10 bits per heavy atom. The minimum absolute atomic E-state index is 0.00536. The van der Waals surface area contributed by atoms with Gasteiger partial charge in [0.05, 0.1) is 18.4 Å². The molecule has 2 N–H and O–H groups in total. The van der Waals surface area contributed by atoms with E-state index in [1.807, 2.05) is 0 Å². The third-order valence-electron chi connectivity index (χ3n) is 2.46. The Hall–Kier alpha value is -2.35. The van der Waals surface area contributed by atoms with Crippen molar-refractivity contribution < 1.29 is 22.7 Å². The van der Waals surface area contributed by atoms with Crippen molar-refractivity contribution in [3.8, 4) is 0 Å². The number of sulfone groups is 1. The fourth-order valence-electron chi connectivity index (χ4n) is 1.48. The van der Waals surface area contributed by atoms with E-state index in [9.17, 15) is 13.2 Å². The Balaban J connectivity index is 2.02. The van der Waals surface area contributed by atoms with Crippen LogP contribution in [0.4, 0.5) is 5.69 Å². The molecule has 0 atom stereocenters. The smallest absolute Gasteiger partial charge is 0.371 e. The third-order valence-corrected chi connectivity index (χ3v) is 3.46. The zero-order chi connectivity index (χ0) is 14.8. The Bertz CT molecular complexity index is 719. The van der Waals surface area contributed by atoms with E-state index in [1.54, 1.807) is 12.1 Å². The van der Waals surface area contributed by atoms with Crippen LogP contribution >= 0.6 is 0 Å². The summed E-state index contributed by atoms with van der Waals surface area (Å²) in [5, 5.41) is 11.7. The van der Waals surface area contributed by atoms with Crippen LogP contribution in [0.2, 0.25) is 0 Å². The number of rotatable bonds is 5. The zero-order valence-electron chi connectivity index (χ0n) is 10.5. The second kappa shape index (κ2) is 5.33. The Morgan fingerprint density at radius 1 is 1.35 bits per heavy atom. The Labute approximate surface area is 115 Å². The summed E-state index contributed by atoms with van der Waals surface area (Å²) in [5.74, 6) is -0.808. The van der Waals surface area contributed by atoms with E-state index in [0.717, 1.165) is 6.26 Å². The van der Waals surface area contributed by atoms with E-state index < -0.39 is 15.8 Å². The quantitative estimate of drug-likeness (QED) is 0.857. The lowest BCUT2D eigenvalue weighted by atomic mass is 10.4. The van der Waals surface area contributed by atoms with Crippen LogP contribution in [0.5, 0.6) is 0 Å². The number of aromatic nitrogens is 1. The van der Waals surface area contributed by atoms with Crippen LogP contribution in [0.15, 0.2) is 39.9 Å². The highest BCUT2D eigenvalue weighted by Gasteiger charge is 2.10. The lowest BCUT2D eigenvalue weighted by Crippen LogP contribution is -2.03. The highest BCUT2D eigenvalue weighted by atomic mass is 32.2. The van der Waals surface area contributed by atoms with Gasteiger partial charge in [-0.3, -0.25) is 0 Å². The van der Waals surface area contributed by atoms with Crippen molar-refractivity contribution in [1.29, 1.82) is 0 Å². The molecule has 8 heteroatoms. The maximum absolute atomic E-state index is 11.2. The molecule has 0 bridgehead atoms. The van der Waals surface area contributed by atoms with Crippen molar-refractivity contribution in [1.82, 2.24) is 4.98 Å². The van der Waals surface area contributed by atoms with Crippen molar-refractivity contribution in [2.45, 2.75) is 11.6 Å². The molecule has 0 aliphatic carbocycles. The first-order valence-corrected chi connectivity index (χ1v) is 7.47. The van der Waals surface area contributed by atoms with Crippen LogP contribution in [-0.2, 0) is 16.4 Å². The molecular formula is C12H12N2O5S. The van der Waals surface area contributed by atoms with E-state index >= 15 is 0 Å². The standard InChI is InChI=1S/C12H12N2O5S/c1-20(17,18)11-5-2-8(6-14-11)13-7-9-3-4-10(19-9)12(15)16/h2-6,13H,7H2,1H3,(H,15,16). The van der Waals surface area contributed by atoms with Gasteiger partial charge in [-0.25, -0.2) is 18.2 Å². The normalized spacial score (nSPS) is 11.2. The van der Waals surface area contributed by atoms with Gasteiger partial charge in [-0.1, -0.05) is 0 Å². The first kappa shape index (κ1) is 14.1. The number of nitrogens with zero attached hydrogens (tertiary/aromatic N) is 1. The lowest BCUT2D eigenvalue weighted by Gasteiger charge is -2.04. The molecule has 0 spiro atoms. The highest BCUT2D eigenvalue weighted by molar-refractivity contribution is 7.90. The first-order valence-electron chi connectivity index (χ1n) is 5.58. The maximum Gasteiger partial charge on any atom is 0.371 e. The van der Waals surface area contributed by atoms with Crippen LogP contribution in [-0.4, -0.2) is 30.7 Å². The predicted molar refractivity (Wildman–Crippen MR) is 70.3 cm³/mol. The fourth-order valence-corrected chi connectivity index (χ4v) is 2.04. The largest absolute Gasteiger partial charge is 0.475 e. The number of anilines is 1. The van der Waals surface area contributed by atoms with Crippen LogP contribution in [0.3, 0.4) is 0 Å². The molecule has 0 saturated carbocycles. The van der Waals surface area contributed by atoms with Crippen LogP contribution in [0.25, 0.3) is 0 Å². The molecule has 0 saturated heterocycles. The Kier molecular flexibility index (Phi) is 3.75. The molecule has 0 fully saturated rings. The van der Waals surface area contributed by atoms with E-state index in [-0.39, 0.29) is 17.3 Å². The van der Waals surface area contributed by atoms with Gasteiger partial charge in [0.2, 0.25) is 5.76 Å². The number of pyridine rings is 1. The number of nitrogens with one attached hydrogen (secondary N) is 1. The number of carboxylic acids is 1. The topological polar surface area (TPSA) is 110 Å². The first-order chi connectivity index (χ1) is 9.36. The van der Waals surface area contributed by atoms with Gasteiger partial charge in [-0.2, -0.15) is 0 Å². The van der Waals surface area contributed by atoms with Gasteiger partial charge in [-0.15, -0.1) is 0 Å². The van der Waals surface area contributed by atoms with Gasteiger partial charge in [-0.05, 0) is 24.3 Å². The molecule has 2 aromatic rings. The second-order valence-corrected chi connectivity index (χ2v) is 6.04. The molecule has 2 aromatic heterocycles. The van der Waals surface area contributed by atoms with E-state index in [1.165, 1.54) is 18.3 Å². The lowest BCUT2D eigenvalue weighted by molar-refractivity contribution is 0.0660. The van der Waals surface area contributed by atoms with Crippen molar-refractivity contribution in [2.24, 2.45) is 0 Å². The molecular weight excluding hydrogens is 284 g/mol. The summed E-state index contributed by atoms with van der Waals surface area (Å²) in [6.07, 6.45) is 2.47. The summed E-state index contributed by atoms with van der Waals surface area (Å²) < 4.78 is 27.5. The molecule has 0 amide bonds. The van der Waals surface area contributed by atoms with Crippen molar-refractivity contribution in [2.75, 3.05) is 11.6 Å². The summed E-state index contributed by atoms with van der Waals surface area (Å²) in [4.78, 5) is 14.5. The average Bonchev–Trinajstić information content (AvgIpc) is 2.85. The highest BCUT2D eigenvalue weighted by Crippen LogP contribution is 2.13. The van der Waals surface area contributed by atoms with Crippen molar-refractivity contribution >= 4 is 21.5 Å². The second-order valence-electron chi connectivity index (χ2n) is 4.08. The van der Waals surface area contributed by atoms with Gasteiger partial charge in [0.15, 0.2) is 14.9 Å². The minimum atomic E-state index is -3.32. The fraction of sp³-hybridized carbons (Fsp3) is 0.167. The summed E-state index contributed by atoms with van der Waals surface area (Å²) >= 11 is 0. The van der Waals surface area contributed by atoms with Gasteiger partial charge < -0.3 is 14.8 Å². The van der Waals surface area contributed by atoms with E-state index in [0.29, 0.717) is 11.4 Å². The summed E-state index contributed by atoms with van der Waals surface area (Å²) in [7, 11) is -3.32. The average molecular weight is 296 g/mol. The SMILES string of the molecule is CS(=O)(=O)c1ccc(NCc2ccc(C(=O)O)o2)cn1. The number of hydrogen-bond acceptors (Lipinski definition) is 6. The predicted octanol–water partition coefficient (Wildman–Crippen LogP) is 1.39. The van der Waals surface area contributed by atoms with Crippen LogP contribution in [0, 0.1) is 0 Å². The number of hydrogen-bond donors (Lipinski definition) is 2. The molecule has 2 rings (SSSR count). The molecule has 0 unspecified atom stereocenters. The summed E-state index contributed by atoms with van der Waals surface area (Å²) in [6.45, 7) is 0.271. The van der Waals surface area contributed by atoms with Gasteiger partial charge in [0, 0.05) is 6.26 Å².